The number of likely N-dealkylation sites (N-methyl/N-ethyl adjacent to an activating group) is 1. The number of carbonyl (C=O) groups excluding carboxylic acids is 1. The molecule has 1 saturated heterocycles. The summed E-state index contributed by atoms with van der Waals surface area (Å²) in [5, 5.41) is 10.4. The first-order valence-corrected chi connectivity index (χ1v) is 9.43. The Balaban J connectivity index is 1.57. The highest BCUT2D eigenvalue weighted by Gasteiger charge is 2.27. The summed E-state index contributed by atoms with van der Waals surface area (Å²) in [6.07, 6.45) is 2.63. The summed E-state index contributed by atoms with van der Waals surface area (Å²) < 4.78 is 0. The fourth-order valence-corrected chi connectivity index (χ4v) is 3.83. The van der Waals surface area contributed by atoms with E-state index in [0.717, 1.165) is 29.7 Å². The average Bonchev–Trinajstić information content (AvgIpc) is 3.17. The Morgan fingerprint density at radius 2 is 2.00 bits per heavy atom. The van der Waals surface area contributed by atoms with Gasteiger partial charge in [0, 0.05) is 49.6 Å². The number of aliphatic hydroxyl groups excluding tert-OH is 1. The fraction of sp³-hybridized carbons (Fsp3) is 0.318. The Bertz CT molecular complexity index is 949. The van der Waals surface area contributed by atoms with Gasteiger partial charge in [-0.3, -0.25) is 9.69 Å². The van der Waals surface area contributed by atoms with E-state index in [4.69, 9.17) is 0 Å². The molecule has 5 heteroatoms. The highest BCUT2D eigenvalue weighted by atomic mass is 16.3. The van der Waals surface area contributed by atoms with E-state index in [0.29, 0.717) is 18.5 Å². The summed E-state index contributed by atoms with van der Waals surface area (Å²) in [6.45, 7) is 2.36. The zero-order valence-corrected chi connectivity index (χ0v) is 15.6. The molecule has 1 atom stereocenters. The number of rotatable bonds is 4. The number of benzene rings is 2. The van der Waals surface area contributed by atoms with Crippen molar-refractivity contribution in [2.45, 2.75) is 12.5 Å². The zero-order valence-electron chi connectivity index (χ0n) is 15.6. The van der Waals surface area contributed by atoms with Crippen LogP contribution in [-0.4, -0.2) is 65.1 Å². The third-order valence-electron chi connectivity index (χ3n) is 5.52. The Morgan fingerprint density at radius 1 is 1.15 bits per heavy atom. The van der Waals surface area contributed by atoms with E-state index in [1.807, 2.05) is 35.4 Å². The maximum absolute atomic E-state index is 13.0. The van der Waals surface area contributed by atoms with Gasteiger partial charge >= 0.3 is 0 Å². The first kappa shape index (κ1) is 17.8. The van der Waals surface area contributed by atoms with Crippen LogP contribution in [0.15, 0.2) is 54.7 Å². The van der Waals surface area contributed by atoms with Crippen LogP contribution in [0.4, 0.5) is 0 Å². The molecule has 0 aliphatic carbocycles. The minimum atomic E-state index is 0.0637. The van der Waals surface area contributed by atoms with Crippen molar-refractivity contribution in [2.24, 2.45) is 0 Å². The van der Waals surface area contributed by atoms with Gasteiger partial charge in [0.25, 0.3) is 5.91 Å². The van der Waals surface area contributed by atoms with Crippen molar-refractivity contribution in [3.05, 3.63) is 60.3 Å². The predicted molar refractivity (Wildman–Crippen MR) is 108 cm³/mol. The van der Waals surface area contributed by atoms with Gasteiger partial charge in [-0.05, 0) is 54.2 Å². The molecule has 0 bridgehead atoms. The molecule has 2 heterocycles. The van der Waals surface area contributed by atoms with Crippen molar-refractivity contribution < 1.29 is 9.90 Å². The first-order valence-electron chi connectivity index (χ1n) is 9.43. The third kappa shape index (κ3) is 3.61. The minimum absolute atomic E-state index is 0.0637. The quantitative estimate of drug-likeness (QED) is 0.749. The molecular weight excluding hydrogens is 338 g/mol. The molecule has 1 aliphatic heterocycles. The monoisotopic (exact) mass is 363 g/mol. The van der Waals surface area contributed by atoms with Crippen LogP contribution in [0.5, 0.6) is 0 Å². The van der Waals surface area contributed by atoms with Gasteiger partial charge in [0.1, 0.15) is 0 Å². The van der Waals surface area contributed by atoms with E-state index in [9.17, 15) is 9.90 Å². The Labute approximate surface area is 159 Å². The number of hydrogen-bond donors (Lipinski definition) is 2. The highest BCUT2D eigenvalue weighted by Crippen LogP contribution is 2.25. The number of fused-ring (bicyclic) bond motifs is 1. The van der Waals surface area contributed by atoms with Crippen molar-refractivity contribution >= 4 is 16.8 Å². The molecular formula is C22H25N3O2. The molecule has 2 N–H and O–H groups in total. The number of carbonyl (C=O) groups is 1. The molecule has 5 nitrogen and oxygen atoms in total. The van der Waals surface area contributed by atoms with Crippen molar-refractivity contribution in [1.29, 1.82) is 0 Å². The van der Waals surface area contributed by atoms with Crippen LogP contribution in [0.3, 0.4) is 0 Å². The maximum atomic E-state index is 13.0. The molecule has 3 aromatic rings. The molecule has 0 saturated carbocycles. The van der Waals surface area contributed by atoms with Crippen molar-refractivity contribution in [3.8, 4) is 11.1 Å². The minimum Gasteiger partial charge on any atom is -0.396 e. The Hall–Kier alpha value is -2.63. The van der Waals surface area contributed by atoms with Gasteiger partial charge < -0.3 is 15.0 Å². The second kappa shape index (κ2) is 7.55. The van der Waals surface area contributed by atoms with E-state index < -0.39 is 0 Å². The fourth-order valence-electron chi connectivity index (χ4n) is 3.83. The van der Waals surface area contributed by atoms with Crippen molar-refractivity contribution in [3.63, 3.8) is 0 Å². The molecule has 27 heavy (non-hydrogen) atoms. The summed E-state index contributed by atoms with van der Waals surface area (Å²) in [5.41, 5.74) is 3.94. The first-order chi connectivity index (χ1) is 13.2. The third-order valence-corrected chi connectivity index (χ3v) is 5.52. The number of aromatic nitrogens is 1. The SMILES string of the molecule is CN1CCN(C(=O)c2cccc(-c3ccc4cc[nH]c4c3)c2)C[C@H]1CCO. The Morgan fingerprint density at radius 3 is 2.85 bits per heavy atom. The molecule has 4 rings (SSSR count). The lowest BCUT2D eigenvalue weighted by atomic mass is 10.0. The molecule has 0 spiro atoms. The lowest BCUT2D eigenvalue weighted by molar-refractivity contribution is 0.0500. The van der Waals surface area contributed by atoms with Crippen LogP contribution < -0.4 is 0 Å². The van der Waals surface area contributed by atoms with Gasteiger partial charge in [0.05, 0.1) is 0 Å². The van der Waals surface area contributed by atoms with Crippen LogP contribution in [0, 0.1) is 0 Å². The molecule has 1 amide bonds. The molecule has 0 unspecified atom stereocenters. The second-order valence-electron chi connectivity index (χ2n) is 7.26. The van der Waals surface area contributed by atoms with E-state index in [1.54, 1.807) is 0 Å². The predicted octanol–water partition coefficient (Wildman–Crippen LogP) is 2.97. The largest absolute Gasteiger partial charge is 0.396 e. The number of nitrogens with one attached hydrogen (secondary N) is 1. The van der Waals surface area contributed by atoms with E-state index in [-0.39, 0.29) is 18.6 Å². The molecule has 140 valence electrons. The van der Waals surface area contributed by atoms with Crippen LogP contribution >= 0.6 is 0 Å². The van der Waals surface area contributed by atoms with Gasteiger partial charge in [-0.25, -0.2) is 0 Å². The number of amides is 1. The van der Waals surface area contributed by atoms with E-state index >= 15 is 0 Å². The van der Waals surface area contributed by atoms with Gasteiger partial charge in [0.15, 0.2) is 0 Å². The smallest absolute Gasteiger partial charge is 0.253 e. The maximum Gasteiger partial charge on any atom is 0.253 e. The molecule has 2 aromatic carbocycles. The number of aliphatic hydroxyl groups is 1. The summed E-state index contributed by atoms with van der Waals surface area (Å²) >= 11 is 0. The molecule has 1 fully saturated rings. The number of aromatic amines is 1. The van der Waals surface area contributed by atoms with Crippen LogP contribution in [0.25, 0.3) is 22.0 Å². The van der Waals surface area contributed by atoms with Crippen LogP contribution in [0.2, 0.25) is 0 Å². The summed E-state index contributed by atoms with van der Waals surface area (Å²) in [4.78, 5) is 20.4. The summed E-state index contributed by atoms with van der Waals surface area (Å²) in [7, 11) is 2.06. The number of H-pyrrole nitrogens is 1. The molecule has 1 aromatic heterocycles. The average molecular weight is 363 g/mol. The van der Waals surface area contributed by atoms with Gasteiger partial charge in [-0.1, -0.05) is 24.3 Å². The van der Waals surface area contributed by atoms with Crippen molar-refractivity contribution in [1.82, 2.24) is 14.8 Å². The second-order valence-corrected chi connectivity index (χ2v) is 7.26. The van der Waals surface area contributed by atoms with Crippen molar-refractivity contribution in [2.75, 3.05) is 33.3 Å². The summed E-state index contributed by atoms with van der Waals surface area (Å²) in [6, 6.07) is 16.4. The lowest BCUT2D eigenvalue weighted by Crippen LogP contribution is -2.53. The van der Waals surface area contributed by atoms with Crippen LogP contribution in [-0.2, 0) is 0 Å². The van der Waals surface area contributed by atoms with Gasteiger partial charge in [-0.15, -0.1) is 0 Å². The zero-order chi connectivity index (χ0) is 18.8. The standard InChI is InChI=1S/C22H25N3O2/c1-24-10-11-25(15-20(24)8-12-26)22(27)19-4-2-3-17(13-19)18-6-5-16-7-9-23-21(16)14-18/h2-7,9,13-14,20,23,26H,8,10-12,15H2,1H3/t20-/m1/s1. The van der Waals surface area contributed by atoms with Gasteiger partial charge in [-0.2, -0.15) is 0 Å². The lowest BCUT2D eigenvalue weighted by Gasteiger charge is -2.39. The topological polar surface area (TPSA) is 59.6 Å². The number of hydrogen-bond acceptors (Lipinski definition) is 3. The highest BCUT2D eigenvalue weighted by molar-refractivity contribution is 5.96. The Kier molecular flexibility index (Phi) is 4.97. The summed E-state index contributed by atoms with van der Waals surface area (Å²) in [5.74, 6) is 0.0637. The normalized spacial score (nSPS) is 18.1. The molecule has 0 radical (unpaired) electrons. The van der Waals surface area contributed by atoms with E-state index in [1.165, 1.54) is 5.39 Å². The van der Waals surface area contributed by atoms with E-state index in [2.05, 4.69) is 41.2 Å². The van der Waals surface area contributed by atoms with Gasteiger partial charge in [0.2, 0.25) is 0 Å². The molecule has 1 aliphatic rings. The number of nitrogens with zero attached hydrogens (tertiary/aromatic N) is 2. The number of piperazine rings is 1. The van der Waals surface area contributed by atoms with Crippen LogP contribution in [0.1, 0.15) is 16.8 Å².